The van der Waals surface area contributed by atoms with Crippen molar-refractivity contribution < 1.29 is 9.47 Å². The van der Waals surface area contributed by atoms with Gasteiger partial charge in [0.05, 0.1) is 13.2 Å². The lowest BCUT2D eigenvalue weighted by molar-refractivity contribution is 0.247. The molecular weight excluding hydrogens is 250 g/mol. The summed E-state index contributed by atoms with van der Waals surface area (Å²) in [6.45, 7) is 5.45. The maximum absolute atomic E-state index is 5.70. The molecule has 0 aliphatic carbocycles. The highest BCUT2D eigenvalue weighted by Crippen LogP contribution is 2.17. The van der Waals surface area contributed by atoms with Crippen LogP contribution in [0.5, 0.6) is 11.5 Å². The van der Waals surface area contributed by atoms with Crippen molar-refractivity contribution in [2.24, 2.45) is 0 Å². The normalized spacial score (nSPS) is 10.3. The number of rotatable bonds is 6. The molecule has 2 N–H and O–H groups in total. The molecule has 0 heterocycles. The highest BCUT2D eigenvalue weighted by atomic mass is 16.5. The van der Waals surface area contributed by atoms with Crippen molar-refractivity contribution in [3.05, 3.63) is 53.6 Å². The largest absolute Gasteiger partial charge is 0.493 e. The molecule has 0 radical (unpaired) electrons. The van der Waals surface area contributed by atoms with Crippen molar-refractivity contribution in [2.75, 3.05) is 18.9 Å². The van der Waals surface area contributed by atoms with Crippen LogP contribution >= 0.6 is 0 Å². The first-order chi connectivity index (χ1) is 9.65. The van der Waals surface area contributed by atoms with E-state index in [2.05, 4.69) is 26.0 Å². The van der Waals surface area contributed by atoms with E-state index < -0.39 is 0 Å². The van der Waals surface area contributed by atoms with Crippen molar-refractivity contribution in [1.29, 1.82) is 0 Å². The number of nitrogen functional groups attached to an aromatic ring is 1. The van der Waals surface area contributed by atoms with E-state index >= 15 is 0 Å². The molecule has 0 amide bonds. The van der Waals surface area contributed by atoms with Gasteiger partial charge < -0.3 is 15.2 Å². The summed E-state index contributed by atoms with van der Waals surface area (Å²) in [5.41, 5.74) is 8.93. The minimum atomic E-state index is 0.619. The van der Waals surface area contributed by atoms with Crippen LogP contribution in [0.2, 0.25) is 0 Å². The van der Waals surface area contributed by atoms with E-state index in [0.717, 1.165) is 17.9 Å². The van der Waals surface area contributed by atoms with E-state index in [0.29, 0.717) is 18.9 Å². The Kier molecular flexibility index (Phi) is 4.88. The van der Waals surface area contributed by atoms with Crippen LogP contribution in [-0.4, -0.2) is 13.2 Å². The fourth-order valence-electron chi connectivity index (χ4n) is 1.85. The third-order valence-electron chi connectivity index (χ3n) is 3.16. The maximum Gasteiger partial charge on any atom is 0.121 e. The monoisotopic (exact) mass is 271 g/mol. The average molecular weight is 271 g/mol. The minimum Gasteiger partial charge on any atom is -0.493 e. The molecule has 0 spiro atoms. The van der Waals surface area contributed by atoms with E-state index in [-0.39, 0.29) is 0 Å². The van der Waals surface area contributed by atoms with E-state index in [4.69, 9.17) is 15.2 Å². The van der Waals surface area contributed by atoms with Crippen molar-refractivity contribution in [3.63, 3.8) is 0 Å². The number of ether oxygens (including phenoxy) is 2. The maximum atomic E-state index is 5.70. The van der Waals surface area contributed by atoms with Gasteiger partial charge in [-0.1, -0.05) is 12.1 Å². The summed E-state index contributed by atoms with van der Waals surface area (Å²) in [5.74, 6) is 1.72. The van der Waals surface area contributed by atoms with Gasteiger partial charge in [0.1, 0.15) is 11.5 Å². The predicted octanol–water partition coefficient (Wildman–Crippen LogP) is 3.73. The fraction of sp³-hybridized carbons (Fsp3) is 0.294. The molecule has 0 aromatic heterocycles. The Hall–Kier alpha value is -2.16. The van der Waals surface area contributed by atoms with Crippen molar-refractivity contribution in [3.8, 4) is 11.5 Å². The molecule has 0 unspecified atom stereocenters. The second kappa shape index (κ2) is 6.85. The van der Waals surface area contributed by atoms with Gasteiger partial charge in [0.15, 0.2) is 0 Å². The van der Waals surface area contributed by atoms with E-state index in [1.165, 1.54) is 11.1 Å². The lowest BCUT2D eigenvalue weighted by atomic mass is 10.1. The summed E-state index contributed by atoms with van der Waals surface area (Å²) in [4.78, 5) is 0. The number of hydrogen-bond donors (Lipinski definition) is 1. The van der Waals surface area contributed by atoms with Gasteiger partial charge >= 0.3 is 0 Å². The Bertz CT molecular complexity index is 567. The first-order valence-electron chi connectivity index (χ1n) is 6.83. The van der Waals surface area contributed by atoms with E-state index in [9.17, 15) is 0 Å². The topological polar surface area (TPSA) is 44.5 Å². The molecule has 106 valence electrons. The zero-order valence-corrected chi connectivity index (χ0v) is 12.1. The van der Waals surface area contributed by atoms with Gasteiger partial charge in [-0.2, -0.15) is 0 Å². The number of hydrogen-bond acceptors (Lipinski definition) is 3. The Morgan fingerprint density at radius 1 is 0.850 bits per heavy atom. The molecule has 0 aliphatic rings. The average Bonchev–Trinajstić information content (AvgIpc) is 2.42. The van der Waals surface area contributed by atoms with Gasteiger partial charge in [-0.25, -0.2) is 0 Å². The third-order valence-corrected chi connectivity index (χ3v) is 3.16. The number of anilines is 1. The Morgan fingerprint density at radius 3 is 2.20 bits per heavy atom. The number of benzene rings is 2. The quantitative estimate of drug-likeness (QED) is 0.643. The molecular formula is C17H21NO2. The van der Waals surface area contributed by atoms with Crippen LogP contribution in [-0.2, 0) is 0 Å². The van der Waals surface area contributed by atoms with Crippen LogP contribution in [0.15, 0.2) is 42.5 Å². The lowest BCUT2D eigenvalue weighted by Gasteiger charge is -2.09. The van der Waals surface area contributed by atoms with Crippen LogP contribution in [0.4, 0.5) is 5.69 Å². The van der Waals surface area contributed by atoms with Crippen molar-refractivity contribution in [2.45, 2.75) is 20.3 Å². The molecule has 2 aromatic rings. The Labute approximate surface area is 120 Å². The second-order valence-electron chi connectivity index (χ2n) is 4.87. The highest BCUT2D eigenvalue weighted by Gasteiger charge is 1.98. The smallest absolute Gasteiger partial charge is 0.121 e. The summed E-state index contributed by atoms with van der Waals surface area (Å²) < 4.78 is 11.3. The molecule has 2 rings (SSSR count). The molecule has 0 saturated heterocycles. The van der Waals surface area contributed by atoms with Crippen LogP contribution < -0.4 is 15.2 Å². The summed E-state index contributed by atoms with van der Waals surface area (Å²) in [7, 11) is 0. The van der Waals surface area contributed by atoms with Gasteiger partial charge in [0.2, 0.25) is 0 Å². The summed E-state index contributed by atoms with van der Waals surface area (Å²) >= 11 is 0. The Morgan fingerprint density at radius 2 is 1.55 bits per heavy atom. The first-order valence-corrected chi connectivity index (χ1v) is 6.83. The molecule has 3 nitrogen and oxygen atoms in total. The molecule has 2 aromatic carbocycles. The van der Waals surface area contributed by atoms with Gasteiger partial charge in [-0.15, -0.1) is 0 Å². The zero-order chi connectivity index (χ0) is 14.4. The molecule has 0 atom stereocenters. The first kappa shape index (κ1) is 14.3. The third kappa shape index (κ3) is 4.19. The van der Waals surface area contributed by atoms with Crippen LogP contribution in [0.3, 0.4) is 0 Å². The number of nitrogens with two attached hydrogens (primary N) is 1. The molecule has 0 bridgehead atoms. The van der Waals surface area contributed by atoms with Crippen molar-refractivity contribution in [1.82, 2.24) is 0 Å². The van der Waals surface area contributed by atoms with Gasteiger partial charge in [-0.3, -0.25) is 0 Å². The second-order valence-corrected chi connectivity index (χ2v) is 4.87. The fourth-order valence-corrected chi connectivity index (χ4v) is 1.85. The van der Waals surface area contributed by atoms with Crippen LogP contribution in [0.1, 0.15) is 17.5 Å². The molecule has 0 fully saturated rings. The molecule has 0 aliphatic heterocycles. The van der Waals surface area contributed by atoms with Gasteiger partial charge in [0.25, 0.3) is 0 Å². The van der Waals surface area contributed by atoms with Crippen LogP contribution in [0.25, 0.3) is 0 Å². The van der Waals surface area contributed by atoms with E-state index in [1.54, 1.807) is 0 Å². The highest BCUT2D eigenvalue weighted by molar-refractivity contribution is 5.43. The van der Waals surface area contributed by atoms with Crippen molar-refractivity contribution >= 4 is 5.69 Å². The standard InChI is InChI=1S/C17H21NO2/c1-13-7-8-17(11-14(13)2)20-10-4-9-19-16-6-3-5-15(18)12-16/h3,5-8,11-12H,4,9-10,18H2,1-2H3. The van der Waals surface area contributed by atoms with Gasteiger partial charge in [-0.05, 0) is 49.2 Å². The SMILES string of the molecule is Cc1ccc(OCCCOc2cccc(N)c2)cc1C. The van der Waals surface area contributed by atoms with Crippen LogP contribution in [0, 0.1) is 13.8 Å². The summed E-state index contributed by atoms with van der Waals surface area (Å²) in [5, 5.41) is 0. The minimum absolute atomic E-state index is 0.619. The van der Waals surface area contributed by atoms with Gasteiger partial charge in [0, 0.05) is 18.2 Å². The summed E-state index contributed by atoms with van der Waals surface area (Å²) in [6, 6.07) is 13.6. The molecule has 3 heteroatoms. The zero-order valence-electron chi connectivity index (χ0n) is 12.1. The molecule has 20 heavy (non-hydrogen) atoms. The lowest BCUT2D eigenvalue weighted by Crippen LogP contribution is -2.05. The Balaban J connectivity index is 1.70. The summed E-state index contributed by atoms with van der Waals surface area (Å²) in [6.07, 6.45) is 0.835. The number of aryl methyl sites for hydroxylation is 2. The van der Waals surface area contributed by atoms with E-state index in [1.807, 2.05) is 30.3 Å². The molecule has 0 saturated carbocycles. The predicted molar refractivity (Wildman–Crippen MR) is 82.4 cm³/mol.